The van der Waals surface area contributed by atoms with Gasteiger partial charge in [0.2, 0.25) is 0 Å². The van der Waals surface area contributed by atoms with Crippen LogP contribution >= 0.6 is 15.9 Å². The van der Waals surface area contributed by atoms with Crippen molar-refractivity contribution in [1.29, 1.82) is 0 Å². The second kappa shape index (κ2) is 4.57. The average molecular weight is 258 g/mol. The molecule has 0 aromatic heterocycles. The number of aryl methyl sites for hydroxylation is 1. The van der Waals surface area contributed by atoms with Crippen molar-refractivity contribution in [2.45, 2.75) is 13.0 Å². The molecule has 1 aromatic rings. The number of aliphatic carboxylic acids is 1. The number of likely N-dealkylation sites (N-methyl/N-ethyl adjacent to an activating group) is 1. The lowest BCUT2D eigenvalue weighted by Crippen LogP contribution is -2.24. The summed E-state index contributed by atoms with van der Waals surface area (Å²) in [5.74, 6) is -0.872. The van der Waals surface area contributed by atoms with Crippen LogP contribution in [0.4, 0.5) is 0 Å². The molecule has 2 N–H and O–H groups in total. The van der Waals surface area contributed by atoms with E-state index in [1.54, 1.807) is 7.05 Å². The lowest BCUT2D eigenvalue weighted by molar-refractivity contribution is -0.139. The fraction of sp³-hybridized carbons (Fsp3) is 0.300. The third-order valence-corrected chi connectivity index (χ3v) is 2.92. The number of rotatable bonds is 3. The molecular weight excluding hydrogens is 246 g/mol. The summed E-state index contributed by atoms with van der Waals surface area (Å²) in [5, 5.41) is 11.7. The van der Waals surface area contributed by atoms with Crippen LogP contribution in [0.1, 0.15) is 17.2 Å². The van der Waals surface area contributed by atoms with Crippen molar-refractivity contribution in [3.8, 4) is 0 Å². The third kappa shape index (κ3) is 2.33. The van der Waals surface area contributed by atoms with Gasteiger partial charge in [0.05, 0.1) is 0 Å². The van der Waals surface area contributed by atoms with Crippen LogP contribution in [0.3, 0.4) is 0 Å². The normalized spacial score (nSPS) is 12.5. The van der Waals surface area contributed by atoms with E-state index in [1.165, 1.54) is 0 Å². The largest absolute Gasteiger partial charge is 0.480 e. The van der Waals surface area contributed by atoms with Gasteiger partial charge in [0.25, 0.3) is 0 Å². The van der Waals surface area contributed by atoms with Crippen molar-refractivity contribution in [3.05, 3.63) is 33.8 Å². The Kier molecular flexibility index (Phi) is 3.66. The zero-order chi connectivity index (χ0) is 10.7. The van der Waals surface area contributed by atoms with Crippen LogP contribution < -0.4 is 5.32 Å². The summed E-state index contributed by atoms with van der Waals surface area (Å²) in [6.07, 6.45) is 0. The topological polar surface area (TPSA) is 49.3 Å². The zero-order valence-electron chi connectivity index (χ0n) is 8.04. The highest BCUT2D eigenvalue weighted by atomic mass is 79.9. The zero-order valence-corrected chi connectivity index (χ0v) is 9.63. The van der Waals surface area contributed by atoms with Gasteiger partial charge in [0, 0.05) is 4.47 Å². The third-order valence-electron chi connectivity index (χ3n) is 2.06. The minimum absolute atomic E-state index is 0.646. The summed E-state index contributed by atoms with van der Waals surface area (Å²) in [6.45, 7) is 1.96. The second-order valence-corrected chi connectivity index (χ2v) is 3.92. The average Bonchev–Trinajstić information content (AvgIpc) is 2.11. The van der Waals surface area contributed by atoms with Gasteiger partial charge in [0.1, 0.15) is 6.04 Å². The maximum Gasteiger partial charge on any atom is 0.325 e. The Hall–Kier alpha value is -0.870. The molecule has 3 nitrogen and oxygen atoms in total. The SMILES string of the molecule is CNC(C(=O)O)c1ccc(C)c(Br)c1. The molecule has 1 atom stereocenters. The number of hydrogen-bond acceptors (Lipinski definition) is 2. The highest BCUT2D eigenvalue weighted by Crippen LogP contribution is 2.21. The first-order chi connectivity index (χ1) is 6.56. The molecule has 1 aromatic carbocycles. The summed E-state index contributed by atoms with van der Waals surface area (Å²) in [7, 11) is 1.63. The van der Waals surface area contributed by atoms with E-state index in [4.69, 9.17) is 5.11 Å². The molecule has 4 heteroatoms. The van der Waals surface area contributed by atoms with Crippen molar-refractivity contribution in [2.24, 2.45) is 0 Å². The van der Waals surface area contributed by atoms with Gasteiger partial charge in [0.15, 0.2) is 0 Å². The first-order valence-corrected chi connectivity index (χ1v) is 5.01. The molecule has 0 radical (unpaired) electrons. The molecule has 0 bridgehead atoms. The minimum atomic E-state index is -0.872. The smallest absolute Gasteiger partial charge is 0.325 e. The van der Waals surface area contributed by atoms with E-state index in [0.717, 1.165) is 15.6 Å². The number of benzene rings is 1. The van der Waals surface area contributed by atoms with Crippen LogP contribution in [0.25, 0.3) is 0 Å². The van der Waals surface area contributed by atoms with Gasteiger partial charge in [-0.1, -0.05) is 28.1 Å². The van der Waals surface area contributed by atoms with Crippen LogP contribution in [0.5, 0.6) is 0 Å². The molecule has 0 amide bonds. The Balaban J connectivity index is 3.06. The quantitative estimate of drug-likeness (QED) is 0.872. The monoisotopic (exact) mass is 257 g/mol. The first kappa shape index (κ1) is 11.2. The van der Waals surface area contributed by atoms with Gasteiger partial charge in [-0.05, 0) is 31.2 Å². The van der Waals surface area contributed by atoms with E-state index < -0.39 is 12.0 Å². The molecule has 76 valence electrons. The Morgan fingerprint density at radius 2 is 2.21 bits per heavy atom. The molecule has 14 heavy (non-hydrogen) atoms. The summed E-state index contributed by atoms with van der Waals surface area (Å²) in [6, 6.07) is 4.89. The van der Waals surface area contributed by atoms with Gasteiger partial charge in [-0.15, -0.1) is 0 Å². The van der Waals surface area contributed by atoms with E-state index in [9.17, 15) is 4.79 Å². The highest BCUT2D eigenvalue weighted by molar-refractivity contribution is 9.10. The summed E-state index contributed by atoms with van der Waals surface area (Å²) < 4.78 is 0.927. The Labute approximate surface area is 91.3 Å². The van der Waals surface area contributed by atoms with Gasteiger partial charge < -0.3 is 10.4 Å². The predicted molar refractivity (Wildman–Crippen MR) is 58.3 cm³/mol. The molecule has 1 rings (SSSR count). The van der Waals surface area contributed by atoms with Gasteiger partial charge in [-0.25, -0.2) is 0 Å². The van der Waals surface area contributed by atoms with Gasteiger partial charge in [-0.3, -0.25) is 4.79 Å². The van der Waals surface area contributed by atoms with Gasteiger partial charge in [-0.2, -0.15) is 0 Å². The standard InChI is InChI=1S/C10H12BrNO2/c1-6-3-4-7(5-8(6)11)9(12-2)10(13)14/h3-5,9,12H,1-2H3,(H,13,14). The second-order valence-electron chi connectivity index (χ2n) is 3.07. The van der Waals surface area contributed by atoms with Crippen molar-refractivity contribution < 1.29 is 9.90 Å². The van der Waals surface area contributed by atoms with Crippen LogP contribution in [-0.4, -0.2) is 18.1 Å². The predicted octanol–water partition coefficient (Wildman–Crippen LogP) is 2.10. The maximum absolute atomic E-state index is 10.8. The Morgan fingerprint density at radius 3 is 2.64 bits per heavy atom. The number of hydrogen-bond donors (Lipinski definition) is 2. The molecule has 0 heterocycles. The van der Waals surface area contributed by atoms with Gasteiger partial charge >= 0.3 is 5.97 Å². The first-order valence-electron chi connectivity index (χ1n) is 4.22. The molecule has 0 aliphatic heterocycles. The molecule has 0 fully saturated rings. The molecule has 0 saturated carbocycles. The van der Waals surface area contributed by atoms with E-state index >= 15 is 0 Å². The maximum atomic E-state index is 10.8. The van der Waals surface area contributed by atoms with E-state index in [1.807, 2.05) is 25.1 Å². The fourth-order valence-electron chi connectivity index (χ4n) is 1.22. The summed E-state index contributed by atoms with van der Waals surface area (Å²) in [4.78, 5) is 10.8. The van der Waals surface area contributed by atoms with Crippen LogP contribution in [0.2, 0.25) is 0 Å². The van der Waals surface area contributed by atoms with E-state index in [0.29, 0.717) is 0 Å². The van der Waals surface area contributed by atoms with Crippen molar-refractivity contribution >= 4 is 21.9 Å². The van der Waals surface area contributed by atoms with Crippen molar-refractivity contribution in [1.82, 2.24) is 5.32 Å². The summed E-state index contributed by atoms with van der Waals surface area (Å²) >= 11 is 3.37. The molecule has 0 aliphatic carbocycles. The number of nitrogens with one attached hydrogen (secondary N) is 1. The molecule has 0 aliphatic rings. The lowest BCUT2D eigenvalue weighted by atomic mass is 10.1. The fourth-order valence-corrected chi connectivity index (χ4v) is 1.62. The molecule has 1 unspecified atom stereocenters. The Morgan fingerprint density at radius 1 is 1.57 bits per heavy atom. The summed E-state index contributed by atoms with van der Waals surface area (Å²) in [5.41, 5.74) is 1.84. The van der Waals surface area contributed by atoms with E-state index in [2.05, 4.69) is 21.2 Å². The lowest BCUT2D eigenvalue weighted by Gasteiger charge is -2.12. The number of carboxylic acid groups (broad SMARTS) is 1. The molecule has 0 spiro atoms. The van der Waals surface area contributed by atoms with Crippen molar-refractivity contribution in [3.63, 3.8) is 0 Å². The number of halogens is 1. The van der Waals surface area contributed by atoms with E-state index in [-0.39, 0.29) is 0 Å². The van der Waals surface area contributed by atoms with Crippen molar-refractivity contribution in [2.75, 3.05) is 7.05 Å². The van der Waals surface area contributed by atoms with Crippen LogP contribution in [0.15, 0.2) is 22.7 Å². The molecule has 0 saturated heterocycles. The number of carbonyl (C=O) groups is 1. The van der Waals surface area contributed by atoms with Crippen LogP contribution in [-0.2, 0) is 4.79 Å². The highest BCUT2D eigenvalue weighted by Gasteiger charge is 2.17. The number of carboxylic acids is 1. The van der Waals surface area contributed by atoms with Crippen LogP contribution in [0, 0.1) is 6.92 Å². The Bertz CT molecular complexity index is 352. The molecular formula is C10H12BrNO2. The minimum Gasteiger partial charge on any atom is -0.480 e.